The molecule has 6 heteroatoms. The number of fused-ring (bicyclic) bond motifs is 1. The Morgan fingerprint density at radius 1 is 1.39 bits per heavy atom. The predicted molar refractivity (Wildman–Crippen MR) is 72.5 cm³/mol. The van der Waals surface area contributed by atoms with Gasteiger partial charge in [-0.15, -0.1) is 11.3 Å². The van der Waals surface area contributed by atoms with Crippen LogP contribution in [0, 0.1) is 0 Å². The van der Waals surface area contributed by atoms with Gasteiger partial charge in [-0.25, -0.2) is 0 Å². The second-order valence-electron chi connectivity index (χ2n) is 4.62. The fraction of sp³-hybridized carbons (Fsp3) is 0.500. The van der Waals surface area contributed by atoms with E-state index in [1.165, 1.54) is 0 Å². The van der Waals surface area contributed by atoms with E-state index in [0.29, 0.717) is 6.54 Å². The fourth-order valence-electron chi connectivity index (χ4n) is 2.55. The molecule has 0 aromatic carbocycles. The summed E-state index contributed by atoms with van der Waals surface area (Å²) in [5.41, 5.74) is 0.754. The van der Waals surface area contributed by atoms with Gasteiger partial charge in [0.2, 0.25) is 5.91 Å². The minimum atomic E-state index is -0.293. The molecule has 3 heterocycles. The SMILES string of the molecule is O=C1NCCCC[C@@H]1N1Cc2sc(Br)cc2C1=O. The maximum Gasteiger partial charge on any atom is 0.256 e. The van der Waals surface area contributed by atoms with Crippen molar-refractivity contribution >= 4 is 39.1 Å². The molecule has 1 N–H and O–H groups in total. The van der Waals surface area contributed by atoms with Crippen LogP contribution in [0.3, 0.4) is 0 Å². The lowest BCUT2D eigenvalue weighted by Gasteiger charge is -2.25. The van der Waals surface area contributed by atoms with E-state index in [1.54, 1.807) is 16.2 Å². The molecule has 0 aliphatic carbocycles. The topological polar surface area (TPSA) is 49.4 Å². The lowest BCUT2D eigenvalue weighted by atomic mass is 10.1. The third kappa shape index (κ3) is 1.97. The van der Waals surface area contributed by atoms with E-state index in [2.05, 4.69) is 21.2 Å². The summed E-state index contributed by atoms with van der Waals surface area (Å²) in [4.78, 5) is 27.1. The van der Waals surface area contributed by atoms with E-state index in [9.17, 15) is 9.59 Å². The van der Waals surface area contributed by atoms with Crippen molar-refractivity contribution in [2.45, 2.75) is 31.8 Å². The number of nitrogens with one attached hydrogen (secondary N) is 1. The first-order chi connectivity index (χ1) is 8.66. The molecule has 1 aromatic rings. The zero-order valence-corrected chi connectivity index (χ0v) is 12.1. The highest BCUT2D eigenvalue weighted by atomic mass is 79.9. The molecular formula is C12H13BrN2O2S. The summed E-state index contributed by atoms with van der Waals surface area (Å²) in [5, 5.41) is 2.88. The zero-order valence-electron chi connectivity index (χ0n) is 9.74. The number of carbonyl (C=O) groups excluding carboxylic acids is 2. The normalized spacial score (nSPS) is 23.8. The van der Waals surface area contributed by atoms with Crippen molar-refractivity contribution in [3.05, 3.63) is 20.3 Å². The van der Waals surface area contributed by atoms with Crippen LogP contribution in [0.25, 0.3) is 0 Å². The van der Waals surface area contributed by atoms with E-state index in [0.717, 1.165) is 40.0 Å². The Bertz CT molecular complexity index is 514. The Morgan fingerprint density at radius 2 is 2.22 bits per heavy atom. The van der Waals surface area contributed by atoms with Gasteiger partial charge in [-0.2, -0.15) is 0 Å². The molecule has 0 bridgehead atoms. The average molecular weight is 329 g/mol. The second-order valence-corrected chi connectivity index (χ2v) is 7.14. The van der Waals surface area contributed by atoms with Gasteiger partial charge in [0.1, 0.15) is 6.04 Å². The second kappa shape index (κ2) is 4.66. The summed E-state index contributed by atoms with van der Waals surface area (Å²) < 4.78 is 0.978. The molecule has 0 spiro atoms. The highest BCUT2D eigenvalue weighted by Crippen LogP contribution is 2.35. The van der Waals surface area contributed by atoms with E-state index in [1.807, 2.05) is 6.07 Å². The Kier molecular flexibility index (Phi) is 3.15. The zero-order chi connectivity index (χ0) is 12.7. The minimum absolute atomic E-state index is 0.00457. The van der Waals surface area contributed by atoms with Crippen LogP contribution in [-0.4, -0.2) is 29.3 Å². The van der Waals surface area contributed by atoms with Gasteiger partial charge in [0.15, 0.2) is 0 Å². The van der Waals surface area contributed by atoms with Gasteiger partial charge in [0.25, 0.3) is 5.91 Å². The molecule has 2 aliphatic heterocycles. The van der Waals surface area contributed by atoms with E-state index < -0.39 is 0 Å². The summed E-state index contributed by atoms with van der Waals surface area (Å²) in [6.07, 6.45) is 2.76. The molecule has 3 rings (SSSR count). The predicted octanol–water partition coefficient (Wildman–Crippen LogP) is 2.14. The number of hydrogen-bond acceptors (Lipinski definition) is 3. The van der Waals surface area contributed by atoms with Gasteiger partial charge in [0, 0.05) is 11.4 Å². The molecule has 18 heavy (non-hydrogen) atoms. The first kappa shape index (κ1) is 12.2. The van der Waals surface area contributed by atoms with Crippen LogP contribution in [0.2, 0.25) is 0 Å². The number of hydrogen-bond donors (Lipinski definition) is 1. The first-order valence-electron chi connectivity index (χ1n) is 6.03. The van der Waals surface area contributed by atoms with Gasteiger partial charge in [-0.3, -0.25) is 9.59 Å². The fourth-order valence-corrected chi connectivity index (χ4v) is 4.24. The van der Waals surface area contributed by atoms with Crippen LogP contribution in [0.1, 0.15) is 34.5 Å². The Hall–Kier alpha value is -0.880. The minimum Gasteiger partial charge on any atom is -0.354 e. The summed E-state index contributed by atoms with van der Waals surface area (Å²) in [7, 11) is 0. The highest BCUT2D eigenvalue weighted by Gasteiger charge is 2.37. The molecule has 2 amide bonds. The van der Waals surface area contributed by atoms with E-state index in [-0.39, 0.29) is 17.9 Å². The van der Waals surface area contributed by atoms with Crippen molar-refractivity contribution in [3.63, 3.8) is 0 Å². The van der Waals surface area contributed by atoms with E-state index in [4.69, 9.17) is 0 Å². The number of nitrogens with zero attached hydrogens (tertiary/aromatic N) is 1. The third-order valence-corrected chi connectivity index (χ3v) is 5.09. The quantitative estimate of drug-likeness (QED) is 0.858. The maximum atomic E-state index is 12.3. The Morgan fingerprint density at radius 3 is 3.00 bits per heavy atom. The highest BCUT2D eigenvalue weighted by molar-refractivity contribution is 9.11. The lowest BCUT2D eigenvalue weighted by Crippen LogP contribution is -2.45. The summed E-state index contributed by atoms with van der Waals surface area (Å²) in [6, 6.07) is 1.56. The molecule has 1 saturated heterocycles. The van der Waals surface area contributed by atoms with Crippen molar-refractivity contribution < 1.29 is 9.59 Å². The number of halogens is 1. The first-order valence-corrected chi connectivity index (χ1v) is 7.64. The smallest absolute Gasteiger partial charge is 0.256 e. The van der Waals surface area contributed by atoms with Crippen molar-refractivity contribution in [3.8, 4) is 0 Å². The van der Waals surface area contributed by atoms with Crippen molar-refractivity contribution in [2.24, 2.45) is 0 Å². The number of rotatable bonds is 1. The van der Waals surface area contributed by atoms with Crippen molar-refractivity contribution in [1.82, 2.24) is 10.2 Å². The molecule has 1 aromatic heterocycles. The third-order valence-electron chi connectivity index (χ3n) is 3.47. The number of thiophene rings is 1. The van der Waals surface area contributed by atoms with E-state index >= 15 is 0 Å². The van der Waals surface area contributed by atoms with Crippen LogP contribution in [-0.2, 0) is 11.3 Å². The van der Waals surface area contributed by atoms with Crippen LogP contribution < -0.4 is 5.32 Å². The summed E-state index contributed by atoms with van der Waals surface area (Å²) in [5.74, 6) is -0.0101. The number of carbonyl (C=O) groups is 2. The van der Waals surface area contributed by atoms with Crippen molar-refractivity contribution in [1.29, 1.82) is 0 Å². The Balaban J connectivity index is 1.84. The monoisotopic (exact) mass is 328 g/mol. The molecule has 0 radical (unpaired) electrons. The molecular weight excluding hydrogens is 316 g/mol. The lowest BCUT2D eigenvalue weighted by molar-refractivity contribution is -0.125. The summed E-state index contributed by atoms with van der Waals surface area (Å²) in [6.45, 7) is 1.30. The number of amides is 2. The maximum absolute atomic E-state index is 12.3. The van der Waals surface area contributed by atoms with Gasteiger partial charge in [-0.05, 0) is 41.3 Å². The largest absolute Gasteiger partial charge is 0.354 e. The molecule has 4 nitrogen and oxygen atoms in total. The molecule has 2 aliphatic rings. The molecule has 1 atom stereocenters. The average Bonchev–Trinajstić information content (AvgIpc) is 2.73. The standard InChI is InChI=1S/C12H13BrN2O2S/c13-10-5-7-9(18-10)6-15(12(7)17)8-3-1-2-4-14-11(8)16/h5,8H,1-4,6H2,(H,14,16)/t8-/m0/s1. The van der Waals surface area contributed by atoms with Crippen LogP contribution in [0.5, 0.6) is 0 Å². The summed E-state index contributed by atoms with van der Waals surface area (Å²) >= 11 is 4.97. The van der Waals surface area contributed by atoms with Gasteiger partial charge in [-0.1, -0.05) is 0 Å². The molecule has 96 valence electrons. The van der Waals surface area contributed by atoms with Crippen molar-refractivity contribution in [2.75, 3.05) is 6.54 Å². The molecule has 1 fully saturated rings. The van der Waals surface area contributed by atoms with Crippen LogP contribution in [0.4, 0.5) is 0 Å². The molecule has 0 unspecified atom stereocenters. The molecule has 0 saturated carbocycles. The Labute approximate surface area is 117 Å². The van der Waals surface area contributed by atoms with Gasteiger partial charge < -0.3 is 10.2 Å². The van der Waals surface area contributed by atoms with Gasteiger partial charge in [0.05, 0.1) is 15.9 Å². The van der Waals surface area contributed by atoms with Gasteiger partial charge >= 0.3 is 0 Å². The van der Waals surface area contributed by atoms with Crippen LogP contribution in [0.15, 0.2) is 9.85 Å². The van der Waals surface area contributed by atoms with Crippen LogP contribution >= 0.6 is 27.3 Å².